The molecule has 0 spiro atoms. The number of hydrogen-bond acceptors (Lipinski definition) is 1. The molecule has 1 aromatic carbocycles. The van der Waals surface area contributed by atoms with Crippen molar-refractivity contribution in [1.82, 2.24) is 5.32 Å². The summed E-state index contributed by atoms with van der Waals surface area (Å²) in [5.74, 6) is 0.736. The summed E-state index contributed by atoms with van der Waals surface area (Å²) >= 11 is 0. The number of benzene rings is 1. The Morgan fingerprint density at radius 2 is 1.90 bits per heavy atom. The molecule has 0 heterocycles. The third-order valence-electron chi connectivity index (χ3n) is 6.51. The van der Waals surface area contributed by atoms with Crippen molar-refractivity contribution < 1.29 is 4.39 Å². The van der Waals surface area contributed by atoms with Gasteiger partial charge in [-0.3, -0.25) is 0 Å². The highest BCUT2D eigenvalue weighted by atomic mass is 19.1. The van der Waals surface area contributed by atoms with Gasteiger partial charge in [-0.2, -0.15) is 0 Å². The largest absolute Gasteiger partial charge is 0.313 e. The van der Waals surface area contributed by atoms with E-state index in [0.717, 1.165) is 18.9 Å². The molecular formula is C18H26FN. The normalized spacial score (nSPS) is 34.6. The molecule has 2 saturated carbocycles. The molecule has 3 rings (SSSR count). The lowest BCUT2D eigenvalue weighted by Crippen LogP contribution is -2.45. The molecule has 2 heteroatoms. The van der Waals surface area contributed by atoms with Crippen LogP contribution in [-0.4, -0.2) is 12.6 Å². The van der Waals surface area contributed by atoms with E-state index in [1.54, 1.807) is 12.1 Å². The molecule has 2 fully saturated rings. The Morgan fingerprint density at radius 3 is 2.45 bits per heavy atom. The van der Waals surface area contributed by atoms with E-state index < -0.39 is 0 Å². The second-order valence-corrected chi connectivity index (χ2v) is 7.49. The Morgan fingerprint density at radius 1 is 1.20 bits per heavy atom. The molecule has 1 aromatic rings. The Bertz CT molecular complexity index is 479. The van der Waals surface area contributed by atoms with Gasteiger partial charge in [-0.15, -0.1) is 0 Å². The van der Waals surface area contributed by atoms with Crippen molar-refractivity contribution in [3.05, 3.63) is 35.6 Å². The maximum absolute atomic E-state index is 12.9. The van der Waals surface area contributed by atoms with Gasteiger partial charge in [-0.25, -0.2) is 4.39 Å². The molecule has 110 valence electrons. The van der Waals surface area contributed by atoms with E-state index in [-0.39, 0.29) is 5.82 Å². The fourth-order valence-corrected chi connectivity index (χ4v) is 4.55. The molecule has 2 aliphatic rings. The molecule has 1 N–H and O–H groups in total. The van der Waals surface area contributed by atoms with Gasteiger partial charge in [0.2, 0.25) is 0 Å². The van der Waals surface area contributed by atoms with Crippen LogP contribution in [0.1, 0.15) is 45.6 Å². The summed E-state index contributed by atoms with van der Waals surface area (Å²) in [4.78, 5) is 0. The van der Waals surface area contributed by atoms with Crippen molar-refractivity contribution in [3.8, 4) is 0 Å². The standard InChI is InChI=1S/C18H26FN/c1-17(2)14-8-10-18(17,3)16(12-14)20-11-9-13-4-6-15(19)7-5-13/h4-7,14,16,20H,8-12H2,1-3H3. The van der Waals surface area contributed by atoms with Crippen molar-refractivity contribution in [1.29, 1.82) is 0 Å². The monoisotopic (exact) mass is 275 g/mol. The molecule has 0 amide bonds. The minimum Gasteiger partial charge on any atom is -0.313 e. The van der Waals surface area contributed by atoms with E-state index >= 15 is 0 Å². The van der Waals surface area contributed by atoms with Crippen molar-refractivity contribution >= 4 is 0 Å². The van der Waals surface area contributed by atoms with Crippen molar-refractivity contribution in [3.63, 3.8) is 0 Å². The lowest BCUT2D eigenvalue weighted by atomic mass is 9.69. The molecule has 3 atom stereocenters. The van der Waals surface area contributed by atoms with Gasteiger partial charge in [0.25, 0.3) is 0 Å². The smallest absolute Gasteiger partial charge is 0.123 e. The Hall–Kier alpha value is -0.890. The zero-order valence-electron chi connectivity index (χ0n) is 12.9. The van der Waals surface area contributed by atoms with Gasteiger partial charge in [0.05, 0.1) is 0 Å². The Kier molecular flexibility index (Phi) is 3.40. The molecule has 20 heavy (non-hydrogen) atoms. The van der Waals surface area contributed by atoms with E-state index in [2.05, 4.69) is 26.1 Å². The first-order valence-corrected chi connectivity index (χ1v) is 7.91. The minimum atomic E-state index is -0.149. The maximum atomic E-state index is 12.9. The van der Waals surface area contributed by atoms with E-state index in [1.165, 1.54) is 24.8 Å². The van der Waals surface area contributed by atoms with Crippen LogP contribution in [0.2, 0.25) is 0 Å². The molecule has 0 radical (unpaired) electrons. The van der Waals surface area contributed by atoms with Gasteiger partial charge in [-0.1, -0.05) is 32.9 Å². The van der Waals surface area contributed by atoms with Gasteiger partial charge >= 0.3 is 0 Å². The second-order valence-electron chi connectivity index (χ2n) is 7.49. The van der Waals surface area contributed by atoms with Crippen LogP contribution in [0.15, 0.2) is 24.3 Å². The van der Waals surface area contributed by atoms with Crippen LogP contribution in [0, 0.1) is 22.6 Å². The van der Waals surface area contributed by atoms with E-state index in [4.69, 9.17) is 0 Å². The van der Waals surface area contributed by atoms with Gasteiger partial charge in [0, 0.05) is 6.04 Å². The molecule has 0 saturated heterocycles. The summed E-state index contributed by atoms with van der Waals surface area (Å²) in [6.45, 7) is 8.36. The number of halogens is 1. The van der Waals surface area contributed by atoms with E-state index in [0.29, 0.717) is 16.9 Å². The molecule has 3 unspecified atom stereocenters. The predicted molar refractivity (Wildman–Crippen MR) is 81.1 cm³/mol. The molecule has 2 aliphatic carbocycles. The van der Waals surface area contributed by atoms with Crippen molar-refractivity contribution in [2.75, 3.05) is 6.54 Å². The van der Waals surface area contributed by atoms with Gasteiger partial charge < -0.3 is 5.32 Å². The van der Waals surface area contributed by atoms with Crippen LogP contribution in [0.4, 0.5) is 4.39 Å². The fraction of sp³-hybridized carbons (Fsp3) is 0.667. The van der Waals surface area contributed by atoms with Crippen LogP contribution in [0.3, 0.4) is 0 Å². The van der Waals surface area contributed by atoms with Gasteiger partial charge in [-0.05, 0) is 66.7 Å². The molecule has 1 nitrogen and oxygen atoms in total. The highest BCUT2D eigenvalue weighted by molar-refractivity contribution is 5.17. The van der Waals surface area contributed by atoms with E-state index in [1.807, 2.05) is 12.1 Å². The summed E-state index contributed by atoms with van der Waals surface area (Å²) in [5, 5.41) is 3.78. The second kappa shape index (κ2) is 4.84. The van der Waals surface area contributed by atoms with Crippen LogP contribution in [0.25, 0.3) is 0 Å². The van der Waals surface area contributed by atoms with E-state index in [9.17, 15) is 4.39 Å². The fourth-order valence-electron chi connectivity index (χ4n) is 4.55. The average Bonchev–Trinajstić information content (AvgIpc) is 2.74. The topological polar surface area (TPSA) is 12.0 Å². The first-order valence-electron chi connectivity index (χ1n) is 7.91. The van der Waals surface area contributed by atoms with Crippen LogP contribution < -0.4 is 5.32 Å². The first kappa shape index (κ1) is 14.1. The lowest BCUT2D eigenvalue weighted by molar-refractivity contribution is 0.121. The highest BCUT2D eigenvalue weighted by Crippen LogP contribution is 2.65. The van der Waals surface area contributed by atoms with Crippen molar-refractivity contribution in [2.24, 2.45) is 16.7 Å². The molecule has 2 bridgehead atoms. The van der Waals surface area contributed by atoms with Crippen LogP contribution in [0.5, 0.6) is 0 Å². The molecular weight excluding hydrogens is 249 g/mol. The lowest BCUT2D eigenvalue weighted by Gasteiger charge is -2.39. The summed E-state index contributed by atoms with van der Waals surface area (Å²) < 4.78 is 12.9. The quantitative estimate of drug-likeness (QED) is 0.869. The van der Waals surface area contributed by atoms with Gasteiger partial charge in [0.1, 0.15) is 5.82 Å². The molecule has 0 aromatic heterocycles. The highest BCUT2D eigenvalue weighted by Gasteiger charge is 2.60. The summed E-state index contributed by atoms with van der Waals surface area (Å²) in [7, 11) is 0. The number of rotatable bonds is 4. The predicted octanol–water partition coefficient (Wildman–Crippen LogP) is 4.17. The Balaban J connectivity index is 1.56. The number of fused-ring (bicyclic) bond motifs is 2. The van der Waals surface area contributed by atoms with Crippen LogP contribution >= 0.6 is 0 Å². The number of nitrogens with one attached hydrogen (secondary N) is 1. The van der Waals surface area contributed by atoms with Crippen molar-refractivity contribution in [2.45, 2.75) is 52.5 Å². The number of hydrogen-bond donors (Lipinski definition) is 1. The SMILES string of the molecule is CC1(C)C2CCC1(C)C(NCCc1ccc(F)cc1)C2. The third kappa shape index (κ3) is 2.09. The molecule has 0 aliphatic heterocycles. The summed E-state index contributed by atoms with van der Waals surface area (Å²) in [6, 6.07) is 7.54. The third-order valence-corrected chi connectivity index (χ3v) is 6.51. The first-order chi connectivity index (χ1) is 9.43. The van der Waals surface area contributed by atoms with Gasteiger partial charge in [0.15, 0.2) is 0 Å². The zero-order chi connectivity index (χ0) is 14.4. The van der Waals surface area contributed by atoms with Crippen LogP contribution in [-0.2, 0) is 6.42 Å². The minimum absolute atomic E-state index is 0.149. The Labute approximate surface area is 122 Å². The summed E-state index contributed by atoms with van der Waals surface area (Å²) in [5.41, 5.74) is 2.13. The maximum Gasteiger partial charge on any atom is 0.123 e. The average molecular weight is 275 g/mol. The summed E-state index contributed by atoms with van der Waals surface area (Å²) in [6.07, 6.45) is 5.07. The zero-order valence-corrected chi connectivity index (χ0v) is 12.9.